The molecule has 0 spiro atoms. The minimum Gasteiger partial charge on any atom is -0.468 e. The molecule has 2 aromatic heterocycles. The number of sulfonamides is 1. The second kappa shape index (κ2) is 7.81. The lowest BCUT2D eigenvalue weighted by Crippen LogP contribution is -2.30. The van der Waals surface area contributed by atoms with Crippen LogP contribution in [0.4, 0.5) is 0 Å². The highest BCUT2D eigenvalue weighted by molar-refractivity contribution is 7.88. The average Bonchev–Trinajstić information content (AvgIpc) is 3.30. The number of hydrogen-bond donors (Lipinski definition) is 0. The Morgan fingerprint density at radius 1 is 0.893 bits per heavy atom. The number of aryl methyl sites for hydroxylation is 1. The van der Waals surface area contributed by atoms with Gasteiger partial charge < -0.3 is 8.98 Å². The van der Waals surface area contributed by atoms with E-state index < -0.39 is 10.0 Å². The Morgan fingerprint density at radius 2 is 1.54 bits per heavy atom. The summed E-state index contributed by atoms with van der Waals surface area (Å²) in [6.45, 7) is 1.62. The Bertz CT molecular complexity index is 1120. The molecule has 0 amide bonds. The Morgan fingerprint density at radius 3 is 2.11 bits per heavy atom. The molecule has 0 bridgehead atoms. The number of fused-ring (bicyclic) bond motifs is 3. The van der Waals surface area contributed by atoms with Gasteiger partial charge in [0.2, 0.25) is 10.0 Å². The fourth-order valence-electron chi connectivity index (χ4n) is 3.74. The SMILES string of the molecule is CS(=O)(=O)N(CCCCn1c2ccccc2c2ccccc21)Cc1ccco1. The number of para-hydroxylation sites is 2. The zero-order valence-electron chi connectivity index (χ0n) is 15.9. The van der Waals surface area contributed by atoms with E-state index in [0.717, 1.165) is 19.4 Å². The van der Waals surface area contributed by atoms with Crippen molar-refractivity contribution in [3.05, 3.63) is 72.7 Å². The summed E-state index contributed by atoms with van der Waals surface area (Å²) in [7, 11) is -3.28. The zero-order valence-corrected chi connectivity index (χ0v) is 16.7. The Labute approximate surface area is 165 Å². The lowest BCUT2D eigenvalue weighted by atomic mass is 10.2. The van der Waals surface area contributed by atoms with Gasteiger partial charge in [-0.25, -0.2) is 8.42 Å². The first-order chi connectivity index (χ1) is 13.5. The predicted molar refractivity (Wildman–Crippen MR) is 113 cm³/mol. The minimum absolute atomic E-state index is 0.279. The maximum atomic E-state index is 12.1. The van der Waals surface area contributed by atoms with Crippen molar-refractivity contribution in [2.75, 3.05) is 12.8 Å². The molecule has 0 atom stereocenters. The van der Waals surface area contributed by atoms with Crippen molar-refractivity contribution in [2.45, 2.75) is 25.9 Å². The van der Waals surface area contributed by atoms with Gasteiger partial charge in [-0.2, -0.15) is 4.31 Å². The summed E-state index contributed by atoms with van der Waals surface area (Å²) in [6, 6.07) is 20.4. The van der Waals surface area contributed by atoms with Crippen LogP contribution in [0, 0.1) is 0 Å². The maximum absolute atomic E-state index is 12.1. The van der Waals surface area contributed by atoms with Gasteiger partial charge in [0.1, 0.15) is 5.76 Å². The molecule has 4 aromatic rings. The lowest BCUT2D eigenvalue weighted by molar-refractivity contribution is 0.356. The van der Waals surface area contributed by atoms with Crippen molar-refractivity contribution >= 4 is 31.8 Å². The third-order valence-corrected chi connectivity index (χ3v) is 6.35. The fourth-order valence-corrected chi connectivity index (χ4v) is 4.56. The molecule has 0 fully saturated rings. The standard InChI is InChI=1S/C22H24N2O3S/c1-28(25,26)23(17-18-9-8-16-27-18)14-6-7-15-24-21-12-4-2-10-19(21)20-11-3-5-13-22(20)24/h2-5,8-13,16H,6-7,14-15,17H2,1H3. The fraction of sp³-hybridized carbons (Fsp3) is 0.273. The first-order valence-corrected chi connectivity index (χ1v) is 11.3. The van der Waals surface area contributed by atoms with Crippen LogP contribution in [0.1, 0.15) is 18.6 Å². The van der Waals surface area contributed by atoms with Crippen molar-refractivity contribution in [1.82, 2.24) is 8.87 Å². The third kappa shape index (κ3) is 3.84. The van der Waals surface area contributed by atoms with E-state index >= 15 is 0 Å². The Balaban J connectivity index is 1.47. The molecule has 0 aliphatic rings. The van der Waals surface area contributed by atoms with E-state index in [1.807, 2.05) is 0 Å². The van der Waals surface area contributed by atoms with Gasteiger partial charge in [-0.3, -0.25) is 0 Å². The van der Waals surface area contributed by atoms with Crippen LogP contribution in [-0.4, -0.2) is 30.1 Å². The van der Waals surface area contributed by atoms with Crippen molar-refractivity contribution in [1.29, 1.82) is 0 Å². The van der Waals surface area contributed by atoms with E-state index in [-0.39, 0.29) is 6.54 Å². The number of unbranched alkanes of at least 4 members (excludes halogenated alkanes) is 1. The van der Waals surface area contributed by atoms with Crippen molar-refractivity contribution in [2.24, 2.45) is 0 Å². The van der Waals surface area contributed by atoms with Gasteiger partial charge in [0, 0.05) is 34.9 Å². The molecule has 2 heterocycles. The van der Waals surface area contributed by atoms with E-state index in [9.17, 15) is 8.42 Å². The van der Waals surface area contributed by atoms with Crippen LogP contribution in [0.3, 0.4) is 0 Å². The minimum atomic E-state index is -3.28. The quantitative estimate of drug-likeness (QED) is 0.408. The van der Waals surface area contributed by atoms with Crippen LogP contribution >= 0.6 is 0 Å². The number of hydrogen-bond acceptors (Lipinski definition) is 3. The molecular formula is C22H24N2O3S. The second-order valence-electron chi connectivity index (χ2n) is 7.07. The van der Waals surface area contributed by atoms with Gasteiger partial charge in [0.25, 0.3) is 0 Å². The monoisotopic (exact) mass is 396 g/mol. The Kier molecular flexibility index (Phi) is 5.24. The predicted octanol–water partition coefficient (Wildman–Crippen LogP) is 4.63. The number of furan rings is 1. The molecule has 28 heavy (non-hydrogen) atoms. The molecule has 0 N–H and O–H groups in total. The molecular weight excluding hydrogens is 372 g/mol. The normalized spacial score (nSPS) is 12.4. The summed E-state index contributed by atoms with van der Waals surface area (Å²) in [5.41, 5.74) is 2.44. The first-order valence-electron chi connectivity index (χ1n) is 9.47. The Hall–Kier alpha value is -2.57. The molecule has 0 aliphatic heterocycles. The molecule has 0 saturated carbocycles. The smallest absolute Gasteiger partial charge is 0.211 e. The number of nitrogens with zero attached hydrogens (tertiary/aromatic N) is 2. The molecule has 0 aliphatic carbocycles. The first kappa shape index (κ1) is 18.8. The molecule has 0 saturated heterocycles. The van der Waals surface area contributed by atoms with Crippen LogP contribution in [0.5, 0.6) is 0 Å². The molecule has 5 nitrogen and oxygen atoms in total. The van der Waals surface area contributed by atoms with E-state index in [4.69, 9.17) is 4.42 Å². The van der Waals surface area contributed by atoms with Crippen molar-refractivity contribution < 1.29 is 12.8 Å². The van der Waals surface area contributed by atoms with Gasteiger partial charge in [-0.15, -0.1) is 0 Å². The molecule has 0 radical (unpaired) electrons. The van der Waals surface area contributed by atoms with Gasteiger partial charge >= 0.3 is 0 Å². The molecule has 4 rings (SSSR count). The zero-order chi connectivity index (χ0) is 19.6. The van der Waals surface area contributed by atoms with Crippen molar-refractivity contribution in [3.8, 4) is 0 Å². The second-order valence-corrected chi connectivity index (χ2v) is 9.05. The van der Waals surface area contributed by atoms with Crippen LogP contribution in [-0.2, 0) is 23.1 Å². The van der Waals surface area contributed by atoms with E-state index in [2.05, 4.69) is 53.1 Å². The molecule has 2 aromatic carbocycles. The van der Waals surface area contributed by atoms with Gasteiger partial charge in [0.05, 0.1) is 19.1 Å². The van der Waals surface area contributed by atoms with Crippen LogP contribution < -0.4 is 0 Å². The summed E-state index contributed by atoms with van der Waals surface area (Å²) < 4.78 is 33.3. The number of aromatic nitrogens is 1. The van der Waals surface area contributed by atoms with Crippen LogP contribution in [0.25, 0.3) is 21.8 Å². The summed E-state index contributed by atoms with van der Waals surface area (Å²) in [5, 5.41) is 2.52. The summed E-state index contributed by atoms with van der Waals surface area (Å²) >= 11 is 0. The van der Waals surface area contributed by atoms with E-state index in [1.54, 1.807) is 18.4 Å². The number of benzene rings is 2. The third-order valence-electron chi connectivity index (χ3n) is 5.10. The molecule has 0 unspecified atom stereocenters. The van der Waals surface area contributed by atoms with Gasteiger partial charge in [-0.1, -0.05) is 36.4 Å². The highest BCUT2D eigenvalue weighted by Crippen LogP contribution is 2.29. The highest BCUT2D eigenvalue weighted by atomic mass is 32.2. The lowest BCUT2D eigenvalue weighted by Gasteiger charge is -2.19. The summed E-state index contributed by atoms with van der Waals surface area (Å²) in [6.07, 6.45) is 4.50. The van der Waals surface area contributed by atoms with Crippen LogP contribution in [0.15, 0.2) is 71.3 Å². The van der Waals surface area contributed by atoms with E-state index in [0.29, 0.717) is 12.3 Å². The maximum Gasteiger partial charge on any atom is 0.211 e. The summed E-state index contributed by atoms with van der Waals surface area (Å²) in [5.74, 6) is 0.660. The van der Waals surface area contributed by atoms with Crippen LogP contribution in [0.2, 0.25) is 0 Å². The largest absolute Gasteiger partial charge is 0.468 e. The topological polar surface area (TPSA) is 55.5 Å². The summed E-state index contributed by atoms with van der Waals surface area (Å²) in [4.78, 5) is 0. The van der Waals surface area contributed by atoms with Crippen molar-refractivity contribution in [3.63, 3.8) is 0 Å². The van der Waals surface area contributed by atoms with E-state index in [1.165, 1.54) is 32.4 Å². The van der Waals surface area contributed by atoms with Gasteiger partial charge in [-0.05, 0) is 37.1 Å². The molecule has 6 heteroatoms. The highest BCUT2D eigenvalue weighted by Gasteiger charge is 2.18. The van der Waals surface area contributed by atoms with Gasteiger partial charge in [0.15, 0.2) is 0 Å². The number of rotatable bonds is 8. The molecule has 146 valence electrons. The average molecular weight is 397 g/mol.